The molecule has 0 amide bonds. The Labute approximate surface area is 86.1 Å². The van der Waals surface area contributed by atoms with Crippen LogP contribution in [0.4, 0.5) is 0 Å². The summed E-state index contributed by atoms with van der Waals surface area (Å²) in [5.74, 6) is 0.920. The number of hydrogen-bond acceptors (Lipinski definition) is 2. The van der Waals surface area contributed by atoms with Crippen LogP contribution in [-0.4, -0.2) is 6.10 Å². The fourth-order valence-electron chi connectivity index (χ4n) is 1.17. The molecule has 2 N–H and O–H groups in total. The first-order valence-electron chi connectivity index (χ1n) is 5.15. The third-order valence-corrected chi connectivity index (χ3v) is 2.32. The smallest absolute Gasteiger partial charge is 0.119 e. The summed E-state index contributed by atoms with van der Waals surface area (Å²) in [4.78, 5) is 0. The van der Waals surface area contributed by atoms with Gasteiger partial charge in [0, 0.05) is 6.04 Å². The van der Waals surface area contributed by atoms with Gasteiger partial charge in [0.1, 0.15) is 5.75 Å². The Kier molecular flexibility index (Phi) is 3.96. The van der Waals surface area contributed by atoms with Crippen LogP contribution >= 0.6 is 0 Å². The number of nitrogens with two attached hydrogens (primary N) is 1. The summed E-state index contributed by atoms with van der Waals surface area (Å²) in [5, 5.41) is 0. The van der Waals surface area contributed by atoms with Crippen molar-refractivity contribution in [2.75, 3.05) is 0 Å². The van der Waals surface area contributed by atoms with Gasteiger partial charge < -0.3 is 10.5 Å². The van der Waals surface area contributed by atoms with E-state index in [1.54, 1.807) is 0 Å². The Morgan fingerprint density at radius 3 is 2.21 bits per heavy atom. The highest BCUT2D eigenvalue weighted by Gasteiger charge is 2.02. The summed E-state index contributed by atoms with van der Waals surface area (Å²) in [6.07, 6.45) is 1.30. The fourth-order valence-corrected chi connectivity index (χ4v) is 1.17. The van der Waals surface area contributed by atoms with Crippen molar-refractivity contribution in [2.24, 2.45) is 5.73 Å². The van der Waals surface area contributed by atoms with Gasteiger partial charge in [-0.05, 0) is 38.0 Å². The number of rotatable bonds is 4. The van der Waals surface area contributed by atoms with Gasteiger partial charge in [0.2, 0.25) is 0 Å². The predicted octanol–water partition coefficient (Wildman–Crippen LogP) is 2.88. The molecule has 0 heterocycles. The van der Waals surface area contributed by atoms with Crippen molar-refractivity contribution in [3.63, 3.8) is 0 Å². The van der Waals surface area contributed by atoms with Crippen molar-refractivity contribution in [3.8, 4) is 5.75 Å². The zero-order valence-corrected chi connectivity index (χ0v) is 9.16. The largest absolute Gasteiger partial charge is 0.491 e. The average Bonchev–Trinajstić information content (AvgIpc) is 2.18. The van der Waals surface area contributed by atoms with Crippen LogP contribution in [-0.2, 0) is 0 Å². The first-order valence-corrected chi connectivity index (χ1v) is 5.15. The van der Waals surface area contributed by atoms with Gasteiger partial charge in [-0.1, -0.05) is 19.1 Å². The van der Waals surface area contributed by atoms with Crippen LogP contribution in [0.15, 0.2) is 24.3 Å². The van der Waals surface area contributed by atoms with E-state index >= 15 is 0 Å². The quantitative estimate of drug-likeness (QED) is 0.798. The van der Waals surface area contributed by atoms with Gasteiger partial charge in [0.25, 0.3) is 0 Å². The van der Waals surface area contributed by atoms with Gasteiger partial charge in [0.15, 0.2) is 0 Å². The highest BCUT2D eigenvalue weighted by atomic mass is 16.5. The third kappa shape index (κ3) is 3.04. The van der Waals surface area contributed by atoms with Crippen molar-refractivity contribution < 1.29 is 4.74 Å². The van der Waals surface area contributed by atoms with E-state index < -0.39 is 0 Å². The lowest BCUT2D eigenvalue weighted by Gasteiger charge is -2.13. The molecule has 2 atom stereocenters. The van der Waals surface area contributed by atoms with Crippen LogP contribution < -0.4 is 10.5 Å². The molecule has 1 aromatic carbocycles. The molecule has 0 aromatic heterocycles. The minimum atomic E-state index is 0.0904. The third-order valence-electron chi connectivity index (χ3n) is 2.32. The molecule has 0 spiro atoms. The lowest BCUT2D eigenvalue weighted by Crippen LogP contribution is -2.10. The zero-order valence-electron chi connectivity index (χ0n) is 9.16. The minimum absolute atomic E-state index is 0.0904. The summed E-state index contributed by atoms with van der Waals surface area (Å²) in [5.41, 5.74) is 6.89. The Bertz CT molecular complexity index is 266. The summed E-state index contributed by atoms with van der Waals surface area (Å²) >= 11 is 0. The molecule has 78 valence electrons. The maximum atomic E-state index is 5.75. The van der Waals surface area contributed by atoms with Crippen LogP contribution in [0, 0.1) is 0 Å². The Morgan fingerprint density at radius 1 is 1.21 bits per heavy atom. The fraction of sp³-hybridized carbons (Fsp3) is 0.500. The molecule has 0 saturated heterocycles. The molecule has 1 aromatic rings. The van der Waals surface area contributed by atoms with Gasteiger partial charge in [-0.15, -0.1) is 0 Å². The molecule has 0 saturated carbocycles. The highest BCUT2D eigenvalue weighted by molar-refractivity contribution is 5.28. The van der Waals surface area contributed by atoms with Gasteiger partial charge in [-0.3, -0.25) is 0 Å². The average molecular weight is 193 g/mol. The molecule has 0 bridgehead atoms. The number of ether oxygens (including phenoxy) is 1. The molecule has 14 heavy (non-hydrogen) atoms. The molecule has 2 nitrogen and oxygen atoms in total. The molecule has 0 aliphatic rings. The van der Waals surface area contributed by atoms with Crippen molar-refractivity contribution in [3.05, 3.63) is 29.8 Å². The van der Waals surface area contributed by atoms with Gasteiger partial charge in [-0.2, -0.15) is 0 Å². The SMILES string of the molecule is CC[C@H](C)Oc1ccc([C@@H](C)N)cc1. The summed E-state index contributed by atoms with van der Waals surface area (Å²) in [6.45, 7) is 6.16. The molecule has 0 unspecified atom stereocenters. The first kappa shape index (κ1) is 11.1. The topological polar surface area (TPSA) is 35.2 Å². The van der Waals surface area contributed by atoms with E-state index in [-0.39, 0.29) is 12.1 Å². The number of benzene rings is 1. The molecule has 0 aliphatic heterocycles. The van der Waals surface area contributed by atoms with Crippen LogP contribution in [0.3, 0.4) is 0 Å². The van der Waals surface area contributed by atoms with Crippen LogP contribution in [0.25, 0.3) is 0 Å². The molecule has 2 heteroatoms. The van der Waals surface area contributed by atoms with Gasteiger partial charge in [-0.25, -0.2) is 0 Å². The first-order chi connectivity index (χ1) is 6.63. The molecule has 0 fully saturated rings. The molecule has 0 aliphatic carbocycles. The van der Waals surface area contributed by atoms with Crippen molar-refractivity contribution in [1.82, 2.24) is 0 Å². The molecule has 1 rings (SSSR count). The Hall–Kier alpha value is -1.02. The lowest BCUT2D eigenvalue weighted by atomic mass is 10.1. The molecular weight excluding hydrogens is 174 g/mol. The summed E-state index contributed by atoms with van der Waals surface area (Å²) in [7, 11) is 0. The van der Waals surface area contributed by atoms with Crippen molar-refractivity contribution >= 4 is 0 Å². The molecule has 0 radical (unpaired) electrons. The highest BCUT2D eigenvalue weighted by Crippen LogP contribution is 2.17. The minimum Gasteiger partial charge on any atom is -0.491 e. The maximum absolute atomic E-state index is 5.75. The predicted molar refractivity (Wildman–Crippen MR) is 59.4 cm³/mol. The Morgan fingerprint density at radius 2 is 1.79 bits per heavy atom. The van der Waals surface area contributed by atoms with E-state index in [0.29, 0.717) is 0 Å². The monoisotopic (exact) mass is 193 g/mol. The zero-order chi connectivity index (χ0) is 10.6. The lowest BCUT2D eigenvalue weighted by molar-refractivity contribution is 0.217. The van der Waals surface area contributed by atoms with Crippen molar-refractivity contribution in [1.29, 1.82) is 0 Å². The second-order valence-electron chi connectivity index (χ2n) is 3.69. The van der Waals surface area contributed by atoms with E-state index in [4.69, 9.17) is 10.5 Å². The maximum Gasteiger partial charge on any atom is 0.119 e. The van der Waals surface area contributed by atoms with Crippen molar-refractivity contribution in [2.45, 2.75) is 39.3 Å². The van der Waals surface area contributed by atoms with Gasteiger partial charge in [0.05, 0.1) is 6.10 Å². The summed E-state index contributed by atoms with van der Waals surface area (Å²) in [6, 6.07) is 8.08. The van der Waals surface area contributed by atoms with Crippen LogP contribution in [0.2, 0.25) is 0 Å². The second-order valence-corrected chi connectivity index (χ2v) is 3.69. The standard InChI is InChI=1S/C12H19NO/c1-4-9(2)14-12-7-5-11(6-8-12)10(3)13/h5-10H,4,13H2,1-3H3/t9-,10+/m0/s1. The van der Waals surface area contributed by atoms with E-state index in [9.17, 15) is 0 Å². The van der Waals surface area contributed by atoms with E-state index in [1.807, 2.05) is 31.2 Å². The van der Waals surface area contributed by atoms with E-state index in [2.05, 4.69) is 13.8 Å². The van der Waals surface area contributed by atoms with E-state index in [0.717, 1.165) is 17.7 Å². The normalized spacial score (nSPS) is 14.9. The van der Waals surface area contributed by atoms with E-state index in [1.165, 1.54) is 0 Å². The van der Waals surface area contributed by atoms with Crippen LogP contribution in [0.1, 0.15) is 38.8 Å². The van der Waals surface area contributed by atoms with Crippen LogP contribution in [0.5, 0.6) is 5.75 Å². The summed E-state index contributed by atoms with van der Waals surface area (Å²) < 4.78 is 5.66. The number of hydrogen-bond donors (Lipinski definition) is 1. The second kappa shape index (κ2) is 5.01. The molecular formula is C12H19NO. The van der Waals surface area contributed by atoms with Gasteiger partial charge >= 0.3 is 0 Å². The Balaban J connectivity index is 2.64.